The van der Waals surface area contributed by atoms with Crippen molar-refractivity contribution in [3.05, 3.63) is 157 Å². The van der Waals surface area contributed by atoms with E-state index in [1.165, 1.54) is 11.1 Å². The summed E-state index contributed by atoms with van der Waals surface area (Å²) in [6.45, 7) is 4.35. The summed E-state index contributed by atoms with van der Waals surface area (Å²) >= 11 is 0. The summed E-state index contributed by atoms with van der Waals surface area (Å²) in [5.74, 6) is 0. The zero-order valence-electron chi connectivity index (χ0n) is 22.4. The Labute approximate surface area is 251 Å². The van der Waals surface area contributed by atoms with Gasteiger partial charge in [-0.05, 0) is 37.4 Å². The fourth-order valence-corrected chi connectivity index (χ4v) is 4.79. The molecule has 2 heterocycles. The third-order valence-electron chi connectivity index (χ3n) is 7.17. The minimum absolute atomic E-state index is 0. The molecule has 0 bridgehead atoms. The number of nitrogens with zero attached hydrogens (tertiary/aromatic N) is 2. The largest absolute Gasteiger partial charge is 2.00 e. The molecule has 0 aliphatic rings. The zero-order valence-corrected chi connectivity index (χ0v) is 24.7. The normalized spacial score (nSPS) is 11.1. The van der Waals surface area contributed by atoms with Crippen molar-refractivity contribution in [2.75, 3.05) is 0 Å². The third kappa shape index (κ3) is 5.74. The van der Waals surface area contributed by atoms with Gasteiger partial charge in [0.25, 0.3) is 0 Å². The molecule has 3 heteroatoms. The Morgan fingerprint density at radius 2 is 0.875 bits per heavy atom. The minimum Gasteiger partial charge on any atom is -0.300 e. The van der Waals surface area contributed by atoms with Crippen LogP contribution >= 0.6 is 0 Å². The van der Waals surface area contributed by atoms with Crippen LogP contribution in [-0.2, 0) is 26.5 Å². The number of rotatable bonds is 6. The Morgan fingerprint density at radius 1 is 0.450 bits per heavy atom. The van der Waals surface area contributed by atoms with Crippen molar-refractivity contribution >= 4 is 0 Å². The van der Waals surface area contributed by atoms with Crippen molar-refractivity contribution < 1.29 is 21.1 Å². The molecule has 2 nitrogen and oxygen atoms in total. The van der Waals surface area contributed by atoms with Gasteiger partial charge in [0.15, 0.2) is 0 Å². The number of aromatic nitrogens is 2. The van der Waals surface area contributed by atoms with Gasteiger partial charge in [-0.1, -0.05) is 107 Å². The molecule has 0 radical (unpaired) electrons. The zero-order chi connectivity index (χ0) is 26.7. The molecule has 0 fully saturated rings. The molecule has 196 valence electrons. The van der Waals surface area contributed by atoms with E-state index in [1.807, 2.05) is 36.4 Å². The Hall–Kier alpha value is -4.13. The SMILES string of the molecule is CC(C)(c1cccc(-c2[c-]cc(-c3ccccc3)cc2)n1)c1cccc(-c2[c-]cc(-c3ccccc3)cc2)n1.[Pt+2]. The Kier molecular flexibility index (Phi) is 8.19. The van der Waals surface area contributed by atoms with Gasteiger partial charge in [0.05, 0.1) is 0 Å². The second-order valence-electron chi connectivity index (χ2n) is 10.2. The smallest absolute Gasteiger partial charge is 0.300 e. The quantitative estimate of drug-likeness (QED) is 0.163. The van der Waals surface area contributed by atoms with Crippen LogP contribution in [0, 0.1) is 12.1 Å². The van der Waals surface area contributed by atoms with Gasteiger partial charge < -0.3 is 9.97 Å². The van der Waals surface area contributed by atoms with Crippen LogP contribution < -0.4 is 0 Å². The molecule has 40 heavy (non-hydrogen) atoms. The molecule has 0 N–H and O–H groups in total. The van der Waals surface area contributed by atoms with Gasteiger partial charge in [0.2, 0.25) is 0 Å². The van der Waals surface area contributed by atoms with Crippen molar-refractivity contribution in [3.8, 4) is 44.8 Å². The maximum atomic E-state index is 5.06. The van der Waals surface area contributed by atoms with E-state index in [0.717, 1.165) is 45.0 Å². The molecule has 0 amide bonds. The van der Waals surface area contributed by atoms with E-state index >= 15 is 0 Å². The van der Waals surface area contributed by atoms with Crippen molar-refractivity contribution in [2.45, 2.75) is 19.3 Å². The number of hydrogen-bond acceptors (Lipinski definition) is 2. The second-order valence-corrected chi connectivity index (χ2v) is 10.2. The number of hydrogen-bond donors (Lipinski definition) is 0. The van der Waals surface area contributed by atoms with Gasteiger partial charge in [0, 0.05) is 16.8 Å². The van der Waals surface area contributed by atoms with Crippen molar-refractivity contribution in [2.24, 2.45) is 0 Å². The first-order valence-corrected chi connectivity index (χ1v) is 13.2. The molecule has 4 aromatic carbocycles. The first-order valence-electron chi connectivity index (χ1n) is 13.2. The van der Waals surface area contributed by atoms with E-state index in [4.69, 9.17) is 9.97 Å². The summed E-state index contributed by atoms with van der Waals surface area (Å²) in [6.07, 6.45) is 0. The summed E-state index contributed by atoms with van der Waals surface area (Å²) in [5.41, 5.74) is 9.95. The van der Waals surface area contributed by atoms with Crippen LogP contribution in [0.5, 0.6) is 0 Å². The van der Waals surface area contributed by atoms with E-state index in [9.17, 15) is 0 Å². The first kappa shape index (κ1) is 27.4. The molecular weight excluding hydrogens is 667 g/mol. The van der Waals surface area contributed by atoms with Gasteiger partial charge in [-0.15, -0.1) is 59.7 Å². The summed E-state index contributed by atoms with van der Waals surface area (Å²) < 4.78 is 0. The summed E-state index contributed by atoms with van der Waals surface area (Å²) in [5, 5.41) is 0. The predicted molar refractivity (Wildman–Crippen MR) is 160 cm³/mol. The molecule has 0 saturated carbocycles. The summed E-state index contributed by atoms with van der Waals surface area (Å²) in [6, 6.07) is 52.5. The molecule has 2 aromatic heterocycles. The van der Waals surface area contributed by atoms with Crippen LogP contribution in [-0.4, -0.2) is 9.97 Å². The molecule has 0 unspecified atom stereocenters. The van der Waals surface area contributed by atoms with Crippen LogP contribution in [0.2, 0.25) is 0 Å². The monoisotopic (exact) mass is 695 g/mol. The van der Waals surface area contributed by atoms with Crippen molar-refractivity contribution in [1.29, 1.82) is 0 Å². The Balaban J connectivity index is 0.00000323. The fourth-order valence-electron chi connectivity index (χ4n) is 4.79. The predicted octanol–water partition coefficient (Wildman–Crippen LogP) is 9.07. The van der Waals surface area contributed by atoms with Crippen LogP contribution in [0.3, 0.4) is 0 Å². The Morgan fingerprint density at radius 3 is 1.25 bits per heavy atom. The Bertz CT molecular complexity index is 1560. The van der Waals surface area contributed by atoms with Crippen LogP contribution in [0.4, 0.5) is 0 Å². The maximum absolute atomic E-state index is 5.06. The summed E-state index contributed by atoms with van der Waals surface area (Å²) in [4.78, 5) is 10.1. The first-order chi connectivity index (χ1) is 19.1. The molecule has 6 aromatic rings. The minimum atomic E-state index is -0.389. The van der Waals surface area contributed by atoms with E-state index in [-0.39, 0.29) is 26.5 Å². The molecule has 6 rings (SSSR count). The number of benzene rings is 4. The van der Waals surface area contributed by atoms with E-state index in [0.29, 0.717) is 0 Å². The fraction of sp³-hybridized carbons (Fsp3) is 0.0811. The average molecular weight is 696 g/mol. The van der Waals surface area contributed by atoms with Crippen LogP contribution in [0.1, 0.15) is 25.2 Å². The molecule has 0 atom stereocenters. The maximum Gasteiger partial charge on any atom is 2.00 e. The molecule has 0 aliphatic heterocycles. The standard InChI is InChI=1S/C37H28N2.Pt/c1-37(2,35-17-9-15-33(38-35)31-23-19-29(20-24-31)27-11-5-3-6-12-27)36-18-10-16-34(39-36)32-25-21-30(22-26-32)28-13-7-4-8-14-28;/h3-23,25H,1-2H3;/q-2;+2. The van der Waals surface area contributed by atoms with Gasteiger partial charge in [-0.25, -0.2) is 0 Å². The third-order valence-corrected chi connectivity index (χ3v) is 7.17. The summed E-state index contributed by atoms with van der Waals surface area (Å²) in [7, 11) is 0. The average Bonchev–Trinajstić information content (AvgIpc) is 3.02. The van der Waals surface area contributed by atoms with Gasteiger partial charge in [-0.3, -0.25) is 0 Å². The van der Waals surface area contributed by atoms with E-state index in [1.54, 1.807) is 0 Å². The second kappa shape index (κ2) is 11.9. The van der Waals surface area contributed by atoms with Gasteiger partial charge in [0.1, 0.15) is 0 Å². The van der Waals surface area contributed by atoms with E-state index < -0.39 is 0 Å². The molecule has 0 aliphatic carbocycles. The van der Waals surface area contributed by atoms with Crippen LogP contribution in [0.15, 0.2) is 133 Å². The van der Waals surface area contributed by atoms with Gasteiger partial charge >= 0.3 is 21.1 Å². The van der Waals surface area contributed by atoms with Crippen molar-refractivity contribution in [3.63, 3.8) is 0 Å². The van der Waals surface area contributed by atoms with Gasteiger partial charge in [-0.2, -0.15) is 0 Å². The topological polar surface area (TPSA) is 25.8 Å². The van der Waals surface area contributed by atoms with Crippen molar-refractivity contribution in [1.82, 2.24) is 9.97 Å². The van der Waals surface area contributed by atoms with E-state index in [2.05, 4.69) is 123 Å². The number of pyridine rings is 2. The molecule has 0 spiro atoms. The van der Waals surface area contributed by atoms with Crippen LogP contribution in [0.25, 0.3) is 44.8 Å². The molecule has 0 saturated heterocycles. The molecular formula is C37H28N2Pt.